The van der Waals surface area contributed by atoms with Gasteiger partial charge in [0, 0.05) is 50.4 Å². The fraction of sp³-hybridized carbons (Fsp3) is 0.0690. The summed E-state index contributed by atoms with van der Waals surface area (Å²) in [6.45, 7) is 4.71. The summed E-state index contributed by atoms with van der Waals surface area (Å²) in [4.78, 5) is 2.40. The lowest BCUT2D eigenvalue weighted by Crippen LogP contribution is -2.37. The van der Waals surface area contributed by atoms with E-state index < -0.39 is 5.41 Å². The monoisotopic (exact) mass is 780 g/mol. The fourth-order valence-corrected chi connectivity index (χ4v) is 11.2. The molecule has 13 rings (SSSR count). The number of fused-ring (bicyclic) bond motifs is 14. The summed E-state index contributed by atoms with van der Waals surface area (Å²) < 4.78 is 9.61. The molecule has 3 heterocycles. The molecule has 0 saturated heterocycles. The van der Waals surface area contributed by atoms with Gasteiger partial charge in [0.2, 0.25) is 0 Å². The average molecular weight is 781 g/mol. The number of anilines is 3. The summed E-state index contributed by atoms with van der Waals surface area (Å²) >= 11 is 0. The van der Waals surface area contributed by atoms with Crippen LogP contribution in [0.3, 0.4) is 0 Å². The van der Waals surface area contributed by atoms with E-state index in [1.54, 1.807) is 0 Å². The Morgan fingerprint density at radius 3 is 1.89 bits per heavy atom. The maximum Gasteiger partial charge on any atom is 0.134 e. The third-order valence-electron chi connectivity index (χ3n) is 13.8. The third kappa shape index (κ3) is 4.58. The van der Waals surface area contributed by atoms with Crippen molar-refractivity contribution in [1.82, 2.24) is 4.57 Å². The molecule has 1 unspecified atom stereocenters. The lowest BCUT2D eigenvalue weighted by atomic mass is 9.62. The van der Waals surface area contributed by atoms with Crippen LogP contribution in [0, 0.1) is 0 Å². The van der Waals surface area contributed by atoms with Crippen LogP contribution < -0.4 is 9.64 Å². The van der Waals surface area contributed by atoms with Crippen LogP contribution in [0.1, 0.15) is 47.2 Å². The average Bonchev–Trinajstić information content (AvgIpc) is 3.77. The van der Waals surface area contributed by atoms with Crippen LogP contribution in [0.15, 0.2) is 206 Å². The summed E-state index contributed by atoms with van der Waals surface area (Å²) in [7, 11) is 0. The quantitative estimate of drug-likeness (QED) is 0.177. The summed E-state index contributed by atoms with van der Waals surface area (Å²) in [5.41, 5.74) is 18.6. The molecule has 2 aliphatic heterocycles. The smallest absolute Gasteiger partial charge is 0.134 e. The lowest BCUT2D eigenvalue weighted by molar-refractivity contribution is 0.434. The van der Waals surface area contributed by atoms with E-state index in [1.165, 1.54) is 72.0 Å². The molecule has 1 atom stereocenters. The Balaban J connectivity index is 1.05. The van der Waals surface area contributed by atoms with Crippen molar-refractivity contribution >= 4 is 38.9 Å². The van der Waals surface area contributed by atoms with Crippen molar-refractivity contribution in [1.29, 1.82) is 0 Å². The molecule has 0 saturated carbocycles. The number of rotatable bonds is 4. The molecule has 61 heavy (non-hydrogen) atoms. The predicted octanol–water partition coefficient (Wildman–Crippen LogP) is 15.0. The lowest BCUT2D eigenvalue weighted by Gasteiger charge is -2.45. The molecular formula is C58H40N2O. The van der Waals surface area contributed by atoms with Crippen LogP contribution >= 0.6 is 0 Å². The van der Waals surface area contributed by atoms with E-state index in [0.29, 0.717) is 0 Å². The number of nitrogens with zero attached hydrogens (tertiary/aromatic N) is 2. The van der Waals surface area contributed by atoms with Gasteiger partial charge in [-0.3, -0.25) is 0 Å². The minimum Gasteiger partial charge on any atom is -0.457 e. The Kier molecular flexibility index (Phi) is 6.99. The van der Waals surface area contributed by atoms with Crippen molar-refractivity contribution in [2.24, 2.45) is 0 Å². The van der Waals surface area contributed by atoms with Gasteiger partial charge < -0.3 is 14.2 Å². The van der Waals surface area contributed by atoms with Gasteiger partial charge in [-0.15, -0.1) is 0 Å². The third-order valence-corrected chi connectivity index (χ3v) is 13.8. The van der Waals surface area contributed by atoms with Crippen LogP contribution in [-0.2, 0) is 10.8 Å². The second-order valence-electron chi connectivity index (χ2n) is 17.2. The first-order valence-electron chi connectivity index (χ1n) is 21.3. The van der Waals surface area contributed by atoms with Crippen LogP contribution in [0.5, 0.6) is 11.5 Å². The van der Waals surface area contributed by atoms with Crippen LogP contribution in [0.25, 0.3) is 49.7 Å². The normalized spacial score (nSPS) is 16.0. The second-order valence-corrected chi connectivity index (χ2v) is 17.2. The van der Waals surface area contributed by atoms with Gasteiger partial charge in [0.05, 0.1) is 22.1 Å². The van der Waals surface area contributed by atoms with E-state index in [-0.39, 0.29) is 5.41 Å². The van der Waals surface area contributed by atoms with E-state index in [2.05, 4.69) is 230 Å². The Morgan fingerprint density at radius 2 is 1.02 bits per heavy atom. The molecule has 3 nitrogen and oxygen atoms in total. The van der Waals surface area contributed by atoms with Crippen LogP contribution in [0.2, 0.25) is 0 Å². The minimum atomic E-state index is -0.630. The summed E-state index contributed by atoms with van der Waals surface area (Å²) in [6.07, 6.45) is 0. The second kappa shape index (κ2) is 12.5. The zero-order chi connectivity index (χ0) is 40.5. The molecule has 288 valence electrons. The van der Waals surface area contributed by atoms with Gasteiger partial charge in [-0.2, -0.15) is 0 Å². The molecule has 1 aromatic heterocycles. The van der Waals surface area contributed by atoms with Crippen molar-refractivity contribution in [2.75, 3.05) is 4.90 Å². The van der Waals surface area contributed by atoms with E-state index in [1.807, 2.05) is 0 Å². The number of hydrogen-bond acceptors (Lipinski definition) is 2. The topological polar surface area (TPSA) is 17.4 Å². The van der Waals surface area contributed by atoms with Crippen molar-refractivity contribution < 1.29 is 4.74 Å². The first-order valence-corrected chi connectivity index (χ1v) is 21.3. The molecule has 1 aliphatic carbocycles. The minimum absolute atomic E-state index is 0.141. The summed E-state index contributed by atoms with van der Waals surface area (Å²) in [5, 5.41) is 2.52. The number of benzene rings is 9. The first-order chi connectivity index (χ1) is 30.0. The highest BCUT2D eigenvalue weighted by atomic mass is 16.5. The summed E-state index contributed by atoms with van der Waals surface area (Å²) in [6, 6.07) is 75.8. The standard InChI is InChI=1S/C58H40N2O/c1-57(2)46-20-8-6-17-42(46)43-33-31-40(35-51(43)57)59(39-29-27-38(28-30-39)37-15-4-3-5-16-37)41-32-34-49-55(36-41)61-54-26-13-10-22-48(54)58(49)47-21-9-12-25-53(47)60-52-24-11-7-18-44(52)45-19-14-23-50(58)56(45)60/h3-36H,1-2H3. The van der Waals surface area contributed by atoms with Crippen molar-refractivity contribution in [3.05, 3.63) is 240 Å². The molecule has 0 N–H and O–H groups in total. The Labute approximate surface area is 355 Å². The molecule has 10 aromatic rings. The SMILES string of the molecule is CC1(C)c2ccccc2-c2ccc(N(c3ccc(-c4ccccc4)cc3)c3ccc4c(c3)Oc3ccccc3C43c4ccccc4-n4c5ccccc5c5cccc3c54)cc21. The first kappa shape index (κ1) is 34.3. The van der Waals surface area contributed by atoms with Crippen molar-refractivity contribution in [2.45, 2.75) is 24.7 Å². The fourth-order valence-electron chi connectivity index (χ4n) is 11.2. The molecule has 0 fully saturated rings. The van der Waals surface area contributed by atoms with Gasteiger partial charge in [0.25, 0.3) is 0 Å². The number of aromatic nitrogens is 1. The van der Waals surface area contributed by atoms with Crippen LogP contribution in [-0.4, -0.2) is 4.57 Å². The van der Waals surface area contributed by atoms with Crippen molar-refractivity contribution in [3.63, 3.8) is 0 Å². The molecule has 0 bridgehead atoms. The number of hydrogen-bond donors (Lipinski definition) is 0. The van der Waals surface area contributed by atoms with Gasteiger partial charge in [-0.05, 0) is 93.0 Å². The van der Waals surface area contributed by atoms with Crippen LogP contribution in [0.4, 0.5) is 17.1 Å². The molecule has 3 aliphatic rings. The Hall–Kier alpha value is -7.62. The summed E-state index contributed by atoms with van der Waals surface area (Å²) in [5.74, 6) is 1.73. The van der Waals surface area contributed by atoms with Gasteiger partial charge in [0.15, 0.2) is 0 Å². The van der Waals surface area contributed by atoms with Gasteiger partial charge in [-0.1, -0.05) is 166 Å². The van der Waals surface area contributed by atoms with E-state index >= 15 is 0 Å². The number of ether oxygens (including phenoxy) is 1. The highest BCUT2D eigenvalue weighted by Crippen LogP contribution is 2.61. The molecule has 0 amide bonds. The van der Waals surface area contributed by atoms with E-state index in [9.17, 15) is 0 Å². The van der Waals surface area contributed by atoms with Gasteiger partial charge >= 0.3 is 0 Å². The Morgan fingerprint density at radius 1 is 0.410 bits per heavy atom. The number of para-hydroxylation sites is 4. The zero-order valence-corrected chi connectivity index (χ0v) is 33.9. The van der Waals surface area contributed by atoms with Gasteiger partial charge in [-0.25, -0.2) is 0 Å². The molecule has 3 heteroatoms. The van der Waals surface area contributed by atoms with E-state index in [0.717, 1.165) is 39.7 Å². The maximum absolute atomic E-state index is 7.12. The molecule has 9 aromatic carbocycles. The molecule has 1 spiro atoms. The highest BCUT2D eigenvalue weighted by Gasteiger charge is 2.50. The predicted molar refractivity (Wildman–Crippen MR) is 250 cm³/mol. The highest BCUT2D eigenvalue weighted by molar-refractivity contribution is 6.12. The molecular weight excluding hydrogens is 741 g/mol. The zero-order valence-electron chi connectivity index (χ0n) is 33.9. The Bertz CT molecular complexity index is 3430. The largest absolute Gasteiger partial charge is 0.457 e. The molecule has 0 radical (unpaired) electrons. The van der Waals surface area contributed by atoms with Gasteiger partial charge in [0.1, 0.15) is 11.5 Å². The van der Waals surface area contributed by atoms with Crippen molar-refractivity contribution in [3.8, 4) is 39.4 Å². The van der Waals surface area contributed by atoms with E-state index in [4.69, 9.17) is 4.74 Å². The maximum atomic E-state index is 7.12.